The predicted octanol–water partition coefficient (Wildman–Crippen LogP) is 2.60. The van der Waals surface area contributed by atoms with E-state index in [-0.39, 0.29) is 23.3 Å². The van der Waals surface area contributed by atoms with Crippen molar-refractivity contribution in [3.8, 4) is 0 Å². The van der Waals surface area contributed by atoms with Gasteiger partial charge in [0.1, 0.15) is 0 Å². The van der Waals surface area contributed by atoms with Gasteiger partial charge >= 0.3 is 11.9 Å². The van der Waals surface area contributed by atoms with E-state index < -0.39 is 11.9 Å². The van der Waals surface area contributed by atoms with Crippen molar-refractivity contribution in [2.75, 3.05) is 7.11 Å². The molecule has 1 N–H and O–H groups in total. The lowest BCUT2D eigenvalue weighted by atomic mass is 9.97. The minimum Gasteiger partial charge on any atom is -0.478 e. The first-order valence-corrected chi connectivity index (χ1v) is 6.55. The highest BCUT2D eigenvalue weighted by atomic mass is 16.5. The number of hydrogen-bond donors (Lipinski definition) is 1. The molecule has 0 fully saturated rings. The van der Waals surface area contributed by atoms with Crippen molar-refractivity contribution in [1.82, 2.24) is 0 Å². The first-order chi connectivity index (χ1) is 10.5. The van der Waals surface area contributed by atoms with Crippen LogP contribution in [0.1, 0.15) is 36.6 Å². The third kappa shape index (κ3) is 3.38. The fraction of sp³-hybridized carbons (Fsp3) is 0.118. The second kappa shape index (κ2) is 6.67. The molecule has 0 aliphatic carbocycles. The zero-order chi connectivity index (χ0) is 16.1. The number of carboxylic acids is 1. The summed E-state index contributed by atoms with van der Waals surface area (Å²) >= 11 is 0. The van der Waals surface area contributed by atoms with E-state index >= 15 is 0 Å². The highest BCUT2D eigenvalue weighted by molar-refractivity contribution is 6.06. The number of carbonyl (C=O) groups excluding carboxylic acids is 2. The highest BCUT2D eigenvalue weighted by Crippen LogP contribution is 2.14. The number of aromatic carboxylic acids is 1. The number of ketones is 1. The molecule has 2 rings (SSSR count). The van der Waals surface area contributed by atoms with Crippen molar-refractivity contribution >= 4 is 17.7 Å². The molecule has 0 aromatic heterocycles. The van der Waals surface area contributed by atoms with Gasteiger partial charge in [0, 0.05) is 12.0 Å². The number of methoxy groups -OCH3 is 1. The summed E-state index contributed by atoms with van der Waals surface area (Å²) in [5.74, 6) is -1.95. The van der Waals surface area contributed by atoms with E-state index in [2.05, 4.69) is 4.74 Å². The van der Waals surface area contributed by atoms with E-state index in [1.165, 1.54) is 19.2 Å². The maximum absolute atomic E-state index is 12.3. The lowest BCUT2D eigenvalue weighted by Crippen LogP contribution is -2.11. The van der Waals surface area contributed by atoms with Crippen LogP contribution >= 0.6 is 0 Å². The van der Waals surface area contributed by atoms with E-state index in [4.69, 9.17) is 5.11 Å². The Kier molecular flexibility index (Phi) is 4.68. The zero-order valence-corrected chi connectivity index (χ0v) is 11.9. The molecule has 0 unspecified atom stereocenters. The van der Waals surface area contributed by atoms with Crippen LogP contribution in [0.5, 0.6) is 0 Å². The minimum atomic E-state index is -1.15. The summed E-state index contributed by atoms with van der Waals surface area (Å²) in [6, 6.07) is 12.6. The third-order valence-electron chi connectivity index (χ3n) is 3.17. The first kappa shape index (κ1) is 15.4. The molecule has 0 saturated heterocycles. The lowest BCUT2D eigenvalue weighted by molar-refractivity contribution is 0.0599. The zero-order valence-electron chi connectivity index (χ0n) is 11.9. The molecule has 112 valence electrons. The molecule has 5 nitrogen and oxygen atoms in total. The van der Waals surface area contributed by atoms with Crippen LogP contribution in [0.2, 0.25) is 0 Å². The van der Waals surface area contributed by atoms with E-state index in [0.717, 1.165) is 0 Å². The molecule has 0 aliphatic heterocycles. The van der Waals surface area contributed by atoms with Gasteiger partial charge in [-0.1, -0.05) is 30.3 Å². The van der Waals surface area contributed by atoms with E-state index in [1.54, 1.807) is 36.4 Å². The summed E-state index contributed by atoms with van der Waals surface area (Å²) in [5, 5.41) is 9.12. The maximum Gasteiger partial charge on any atom is 0.337 e. The Hall–Kier alpha value is -2.95. The van der Waals surface area contributed by atoms with Crippen LogP contribution in [0, 0.1) is 0 Å². The molecule has 0 radical (unpaired) electrons. The molecule has 5 heteroatoms. The molecular formula is C17H14O5. The largest absolute Gasteiger partial charge is 0.478 e. The van der Waals surface area contributed by atoms with Gasteiger partial charge in [-0.15, -0.1) is 0 Å². The Labute approximate surface area is 127 Å². The Bertz CT molecular complexity index is 733. The smallest absolute Gasteiger partial charge is 0.337 e. The number of carboxylic acid groups (broad SMARTS) is 1. The number of benzene rings is 2. The fourth-order valence-corrected chi connectivity index (χ4v) is 2.12. The van der Waals surface area contributed by atoms with Gasteiger partial charge in [0.05, 0.1) is 18.2 Å². The molecule has 22 heavy (non-hydrogen) atoms. The summed E-state index contributed by atoms with van der Waals surface area (Å²) in [5.41, 5.74) is 1.09. The normalized spacial score (nSPS) is 10.0. The molecule has 0 atom stereocenters. The van der Waals surface area contributed by atoms with Crippen LogP contribution in [0.25, 0.3) is 0 Å². The molecule has 0 bridgehead atoms. The summed E-state index contributed by atoms with van der Waals surface area (Å²) in [7, 11) is 1.28. The van der Waals surface area contributed by atoms with Crippen molar-refractivity contribution < 1.29 is 24.2 Å². The van der Waals surface area contributed by atoms with Crippen molar-refractivity contribution in [2.24, 2.45) is 0 Å². The summed E-state index contributed by atoms with van der Waals surface area (Å²) < 4.78 is 4.63. The van der Waals surface area contributed by atoms with Gasteiger partial charge in [0.15, 0.2) is 5.78 Å². The van der Waals surface area contributed by atoms with Gasteiger partial charge in [-0.25, -0.2) is 9.59 Å². The molecule has 0 amide bonds. The molecule has 2 aromatic carbocycles. The number of esters is 1. The van der Waals surface area contributed by atoms with Gasteiger partial charge in [-0.3, -0.25) is 4.79 Å². The number of rotatable bonds is 5. The average Bonchev–Trinajstić information content (AvgIpc) is 2.54. The van der Waals surface area contributed by atoms with Crippen LogP contribution in [0.4, 0.5) is 0 Å². The molecular weight excluding hydrogens is 284 g/mol. The van der Waals surface area contributed by atoms with Gasteiger partial charge in [-0.05, 0) is 23.8 Å². The van der Waals surface area contributed by atoms with Crippen LogP contribution in [0.3, 0.4) is 0 Å². The average molecular weight is 298 g/mol. The molecule has 0 spiro atoms. The SMILES string of the molecule is COC(=O)c1cccc(CC(=O)c2ccccc2C(=O)O)c1. The topological polar surface area (TPSA) is 80.7 Å². The minimum absolute atomic E-state index is 0.00906. The summed E-state index contributed by atoms with van der Waals surface area (Å²) in [6.45, 7) is 0. The lowest BCUT2D eigenvalue weighted by Gasteiger charge is -2.06. The van der Waals surface area contributed by atoms with Crippen molar-refractivity contribution in [2.45, 2.75) is 6.42 Å². The summed E-state index contributed by atoms with van der Waals surface area (Å²) in [4.78, 5) is 34.9. The van der Waals surface area contributed by atoms with Crippen molar-refractivity contribution in [1.29, 1.82) is 0 Å². The van der Waals surface area contributed by atoms with E-state index in [9.17, 15) is 14.4 Å². The monoisotopic (exact) mass is 298 g/mol. The van der Waals surface area contributed by atoms with Crippen molar-refractivity contribution in [3.05, 3.63) is 70.8 Å². The van der Waals surface area contributed by atoms with Gasteiger partial charge in [0.25, 0.3) is 0 Å². The Morgan fingerprint density at radius 3 is 2.32 bits per heavy atom. The predicted molar refractivity (Wildman–Crippen MR) is 79.2 cm³/mol. The molecule has 2 aromatic rings. The first-order valence-electron chi connectivity index (χ1n) is 6.55. The van der Waals surface area contributed by atoms with Crippen LogP contribution in [-0.2, 0) is 11.2 Å². The van der Waals surface area contributed by atoms with Gasteiger partial charge in [0.2, 0.25) is 0 Å². The van der Waals surface area contributed by atoms with E-state index in [1.807, 2.05) is 0 Å². The van der Waals surface area contributed by atoms with Crippen LogP contribution < -0.4 is 0 Å². The molecule has 0 heterocycles. The highest BCUT2D eigenvalue weighted by Gasteiger charge is 2.16. The van der Waals surface area contributed by atoms with Gasteiger partial charge in [-0.2, -0.15) is 0 Å². The van der Waals surface area contributed by atoms with Crippen LogP contribution in [0.15, 0.2) is 48.5 Å². The standard InChI is InChI=1S/C17H14O5/c1-22-17(21)12-6-4-5-11(9-12)10-15(18)13-7-2-3-8-14(13)16(19)20/h2-9H,10H2,1H3,(H,19,20). The van der Waals surface area contributed by atoms with Crippen LogP contribution in [-0.4, -0.2) is 29.9 Å². The fourth-order valence-electron chi connectivity index (χ4n) is 2.12. The third-order valence-corrected chi connectivity index (χ3v) is 3.17. The summed E-state index contributed by atoms with van der Waals surface area (Å²) in [6.07, 6.45) is 0.00906. The Balaban J connectivity index is 2.26. The second-order valence-corrected chi connectivity index (χ2v) is 4.64. The molecule has 0 aliphatic rings. The Morgan fingerprint density at radius 1 is 1.00 bits per heavy atom. The number of hydrogen-bond acceptors (Lipinski definition) is 4. The number of ether oxygens (including phenoxy) is 1. The second-order valence-electron chi connectivity index (χ2n) is 4.64. The maximum atomic E-state index is 12.3. The van der Waals surface area contributed by atoms with Crippen molar-refractivity contribution in [3.63, 3.8) is 0 Å². The number of Topliss-reactive ketones (excluding diaryl/α,β-unsaturated/α-hetero) is 1. The number of carbonyl (C=O) groups is 3. The molecule has 0 saturated carbocycles. The Morgan fingerprint density at radius 2 is 1.68 bits per heavy atom. The van der Waals surface area contributed by atoms with E-state index in [0.29, 0.717) is 11.1 Å². The quantitative estimate of drug-likeness (QED) is 0.678. The van der Waals surface area contributed by atoms with Gasteiger partial charge < -0.3 is 9.84 Å².